The molecular formula is C19H16ClF2N3O. The lowest BCUT2D eigenvalue weighted by atomic mass is 10.1. The Bertz CT molecular complexity index is 947. The molecule has 3 aromatic rings. The summed E-state index contributed by atoms with van der Waals surface area (Å²) < 4.78 is 28.1. The lowest BCUT2D eigenvalue weighted by Gasteiger charge is -2.06. The Morgan fingerprint density at radius 2 is 1.73 bits per heavy atom. The van der Waals surface area contributed by atoms with E-state index in [0.29, 0.717) is 12.2 Å². The molecule has 3 rings (SSSR count). The van der Waals surface area contributed by atoms with Gasteiger partial charge < -0.3 is 5.32 Å². The van der Waals surface area contributed by atoms with Crippen molar-refractivity contribution in [2.24, 2.45) is 0 Å². The van der Waals surface area contributed by atoms with Crippen LogP contribution in [0.5, 0.6) is 0 Å². The molecule has 134 valence electrons. The van der Waals surface area contributed by atoms with Crippen LogP contribution >= 0.6 is 11.6 Å². The van der Waals surface area contributed by atoms with Gasteiger partial charge in [-0.1, -0.05) is 41.4 Å². The maximum atomic E-state index is 13.3. The summed E-state index contributed by atoms with van der Waals surface area (Å²) in [6, 6.07) is 10.7. The van der Waals surface area contributed by atoms with Gasteiger partial charge in [0.25, 0.3) is 5.91 Å². The number of aromatic nitrogens is 2. The minimum Gasteiger partial charge on any atom is -0.322 e. The second-order valence-corrected chi connectivity index (χ2v) is 6.36. The number of nitrogens with zero attached hydrogens (tertiary/aromatic N) is 2. The average molecular weight is 376 g/mol. The highest BCUT2D eigenvalue weighted by molar-refractivity contribution is 6.33. The third-order valence-corrected chi connectivity index (χ3v) is 4.25. The molecule has 4 nitrogen and oxygen atoms in total. The van der Waals surface area contributed by atoms with Crippen LogP contribution in [0.4, 0.5) is 14.5 Å². The number of nitrogens with one attached hydrogen (secondary N) is 1. The van der Waals surface area contributed by atoms with Crippen molar-refractivity contribution in [2.75, 3.05) is 5.32 Å². The van der Waals surface area contributed by atoms with Crippen LogP contribution in [0.25, 0.3) is 0 Å². The molecule has 1 aromatic heterocycles. The van der Waals surface area contributed by atoms with Crippen LogP contribution in [0.15, 0.2) is 42.5 Å². The smallest absolute Gasteiger partial charge is 0.260 e. The second-order valence-electron chi connectivity index (χ2n) is 6.01. The van der Waals surface area contributed by atoms with E-state index in [2.05, 4.69) is 10.4 Å². The normalized spacial score (nSPS) is 10.8. The molecule has 0 atom stereocenters. The summed E-state index contributed by atoms with van der Waals surface area (Å²) in [6.07, 6.45) is 0. The van der Waals surface area contributed by atoms with Crippen LogP contribution in [-0.4, -0.2) is 15.7 Å². The Kier molecular flexibility index (Phi) is 5.04. The first-order valence-corrected chi connectivity index (χ1v) is 8.27. The van der Waals surface area contributed by atoms with Gasteiger partial charge in [-0.2, -0.15) is 5.10 Å². The van der Waals surface area contributed by atoms with Crippen LogP contribution in [-0.2, 0) is 6.54 Å². The summed E-state index contributed by atoms with van der Waals surface area (Å²) in [6.45, 7) is 4.05. The molecule has 0 spiro atoms. The first kappa shape index (κ1) is 18.1. The topological polar surface area (TPSA) is 46.9 Å². The van der Waals surface area contributed by atoms with Gasteiger partial charge in [0.1, 0.15) is 16.8 Å². The van der Waals surface area contributed by atoms with Gasteiger partial charge in [0.2, 0.25) is 0 Å². The van der Waals surface area contributed by atoms with Crippen LogP contribution in [0.1, 0.15) is 27.2 Å². The SMILES string of the molecule is Cc1ccc(Cn2nc(C)c(C(=O)Nc3cc(F)cc(F)c3)c2Cl)cc1. The van der Waals surface area contributed by atoms with E-state index in [1.165, 1.54) is 4.68 Å². The van der Waals surface area contributed by atoms with Gasteiger partial charge >= 0.3 is 0 Å². The van der Waals surface area contributed by atoms with E-state index in [4.69, 9.17) is 11.6 Å². The van der Waals surface area contributed by atoms with Gasteiger partial charge in [-0.15, -0.1) is 0 Å². The summed E-state index contributed by atoms with van der Waals surface area (Å²) in [4.78, 5) is 12.5. The number of carbonyl (C=O) groups excluding carboxylic acids is 1. The number of hydrogen-bond donors (Lipinski definition) is 1. The molecule has 1 amide bonds. The number of anilines is 1. The van der Waals surface area contributed by atoms with E-state index in [1.54, 1.807) is 6.92 Å². The molecule has 0 radical (unpaired) electrons. The van der Waals surface area contributed by atoms with E-state index in [0.717, 1.165) is 29.3 Å². The zero-order chi connectivity index (χ0) is 18.8. The van der Waals surface area contributed by atoms with E-state index < -0.39 is 17.5 Å². The van der Waals surface area contributed by atoms with Gasteiger partial charge in [0, 0.05) is 11.8 Å². The third-order valence-electron chi connectivity index (χ3n) is 3.87. The summed E-state index contributed by atoms with van der Waals surface area (Å²) in [5.74, 6) is -2.14. The van der Waals surface area contributed by atoms with Crippen molar-refractivity contribution in [3.63, 3.8) is 0 Å². The highest BCUT2D eigenvalue weighted by Crippen LogP contribution is 2.23. The highest BCUT2D eigenvalue weighted by atomic mass is 35.5. The number of halogens is 3. The first-order chi connectivity index (χ1) is 12.3. The maximum Gasteiger partial charge on any atom is 0.260 e. The molecule has 0 aliphatic heterocycles. The molecule has 0 fully saturated rings. The van der Waals surface area contributed by atoms with Gasteiger partial charge in [0.05, 0.1) is 17.8 Å². The number of carbonyl (C=O) groups is 1. The summed E-state index contributed by atoms with van der Waals surface area (Å²) >= 11 is 6.33. The quantitative estimate of drug-likeness (QED) is 0.716. The molecule has 26 heavy (non-hydrogen) atoms. The standard InChI is InChI=1S/C19H16ClF2N3O/c1-11-3-5-13(6-4-11)10-25-18(20)17(12(2)24-25)19(26)23-16-8-14(21)7-15(22)9-16/h3-9H,10H2,1-2H3,(H,23,26). The summed E-state index contributed by atoms with van der Waals surface area (Å²) in [7, 11) is 0. The van der Waals surface area contributed by atoms with Gasteiger partial charge in [0.15, 0.2) is 0 Å². The predicted octanol–water partition coefficient (Wildman–Crippen LogP) is 4.73. The van der Waals surface area contributed by atoms with E-state index in [9.17, 15) is 13.6 Å². The minimum absolute atomic E-state index is 0.00857. The monoisotopic (exact) mass is 375 g/mol. The zero-order valence-corrected chi connectivity index (χ0v) is 14.9. The summed E-state index contributed by atoms with van der Waals surface area (Å²) in [5, 5.41) is 6.92. The van der Waals surface area contributed by atoms with E-state index >= 15 is 0 Å². The lowest BCUT2D eigenvalue weighted by Crippen LogP contribution is -2.13. The number of hydrogen-bond acceptors (Lipinski definition) is 2. The van der Waals surface area contributed by atoms with Crippen molar-refractivity contribution in [2.45, 2.75) is 20.4 Å². The number of aryl methyl sites for hydroxylation is 2. The van der Waals surface area contributed by atoms with Crippen LogP contribution in [0.3, 0.4) is 0 Å². The first-order valence-electron chi connectivity index (χ1n) is 7.89. The minimum atomic E-state index is -0.779. The van der Waals surface area contributed by atoms with Crippen molar-refractivity contribution < 1.29 is 13.6 Å². The Morgan fingerprint density at radius 3 is 2.35 bits per heavy atom. The average Bonchev–Trinajstić information content (AvgIpc) is 2.82. The highest BCUT2D eigenvalue weighted by Gasteiger charge is 2.21. The molecule has 0 unspecified atom stereocenters. The van der Waals surface area contributed by atoms with Crippen molar-refractivity contribution in [3.05, 3.63) is 81.6 Å². The number of rotatable bonds is 4. The largest absolute Gasteiger partial charge is 0.322 e. The number of benzene rings is 2. The maximum absolute atomic E-state index is 13.3. The third kappa shape index (κ3) is 3.91. The molecule has 0 aliphatic rings. The van der Waals surface area contributed by atoms with Crippen LogP contribution in [0, 0.1) is 25.5 Å². The van der Waals surface area contributed by atoms with Crippen LogP contribution < -0.4 is 5.32 Å². The molecule has 0 saturated carbocycles. The van der Waals surface area contributed by atoms with Crippen molar-refractivity contribution in [1.29, 1.82) is 0 Å². The van der Waals surface area contributed by atoms with E-state index in [1.807, 2.05) is 31.2 Å². The molecule has 0 bridgehead atoms. The lowest BCUT2D eigenvalue weighted by molar-refractivity contribution is 0.102. The fraction of sp³-hybridized carbons (Fsp3) is 0.158. The predicted molar refractivity (Wildman–Crippen MR) is 96.6 cm³/mol. The molecule has 1 heterocycles. The van der Waals surface area contributed by atoms with Crippen LogP contribution in [0.2, 0.25) is 5.15 Å². The Labute approximate surface area is 154 Å². The molecule has 0 saturated heterocycles. The molecule has 7 heteroatoms. The molecular weight excluding hydrogens is 360 g/mol. The Balaban J connectivity index is 1.84. The number of amides is 1. The van der Waals surface area contributed by atoms with Gasteiger partial charge in [-0.05, 0) is 31.5 Å². The van der Waals surface area contributed by atoms with Crippen molar-refractivity contribution >= 4 is 23.2 Å². The van der Waals surface area contributed by atoms with Crippen molar-refractivity contribution in [1.82, 2.24) is 9.78 Å². The van der Waals surface area contributed by atoms with E-state index in [-0.39, 0.29) is 16.4 Å². The van der Waals surface area contributed by atoms with Crippen molar-refractivity contribution in [3.8, 4) is 0 Å². The summed E-state index contributed by atoms with van der Waals surface area (Å²) in [5.41, 5.74) is 2.73. The van der Waals surface area contributed by atoms with Gasteiger partial charge in [-0.3, -0.25) is 4.79 Å². The molecule has 0 aliphatic carbocycles. The fourth-order valence-electron chi connectivity index (χ4n) is 2.60. The Hall–Kier alpha value is -2.73. The fourth-order valence-corrected chi connectivity index (χ4v) is 2.92. The molecule has 2 aromatic carbocycles. The van der Waals surface area contributed by atoms with Gasteiger partial charge in [-0.25, -0.2) is 13.5 Å². The second kappa shape index (κ2) is 7.25. The zero-order valence-electron chi connectivity index (χ0n) is 14.2. The Morgan fingerprint density at radius 1 is 1.12 bits per heavy atom. The molecule has 1 N–H and O–H groups in total.